The molecule has 0 radical (unpaired) electrons. The number of fused-ring (bicyclic) bond motifs is 1. The molecule has 26 heavy (non-hydrogen) atoms. The molecule has 0 saturated heterocycles. The number of hydrogen-bond donors (Lipinski definition) is 1. The van der Waals surface area contributed by atoms with Gasteiger partial charge in [0.05, 0.1) is 17.3 Å². The number of nitrogens with one attached hydrogen (secondary N) is 1. The number of pyridine rings is 1. The smallest absolute Gasteiger partial charge is 0.146 e. The second kappa shape index (κ2) is 8.77. The van der Waals surface area contributed by atoms with Crippen molar-refractivity contribution in [1.29, 1.82) is 0 Å². The number of thiocarbonyl (C=S) groups is 1. The van der Waals surface area contributed by atoms with Crippen LogP contribution < -0.4 is 10.1 Å². The summed E-state index contributed by atoms with van der Waals surface area (Å²) in [5.74, 6) is 0.757. The van der Waals surface area contributed by atoms with E-state index in [0.717, 1.165) is 26.7 Å². The lowest BCUT2D eigenvalue weighted by Crippen LogP contribution is -2.48. The number of aromatic nitrogens is 1. The normalized spacial score (nSPS) is 13.0. The lowest BCUT2D eigenvalue weighted by molar-refractivity contribution is 0.158. The van der Waals surface area contributed by atoms with Crippen molar-refractivity contribution in [2.45, 2.75) is 46.3 Å². The summed E-state index contributed by atoms with van der Waals surface area (Å²) in [4.78, 5) is 10.1. The van der Waals surface area contributed by atoms with E-state index < -0.39 is 5.54 Å². The van der Waals surface area contributed by atoms with Gasteiger partial charge in [-0.25, -0.2) is 0 Å². The number of oxime groups is 1. The number of nitrogens with zero attached hydrogens (tertiary/aromatic N) is 2. The van der Waals surface area contributed by atoms with E-state index in [1.165, 1.54) is 0 Å². The third-order valence-corrected chi connectivity index (χ3v) is 4.49. The molecule has 7 heteroatoms. The monoisotopic (exact) mass is 437 g/mol. The molecule has 1 heterocycles. The molecule has 1 aromatic heterocycles. The van der Waals surface area contributed by atoms with Crippen LogP contribution in [0.5, 0.6) is 5.75 Å². The number of rotatable bonds is 7. The third-order valence-electron chi connectivity index (χ3n) is 3.62. The maximum atomic E-state index is 6.05. The highest BCUT2D eigenvalue weighted by atomic mass is 79.9. The van der Waals surface area contributed by atoms with Crippen molar-refractivity contribution in [3.63, 3.8) is 0 Å². The predicted octanol–water partition coefficient (Wildman–Crippen LogP) is 4.79. The van der Waals surface area contributed by atoms with Gasteiger partial charge in [0, 0.05) is 16.1 Å². The molecule has 0 aliphatic rings. The summed E-state index contributed by atoms with van der Waals surface area (Å²) >= 11 is 8.95. The fourth-order valence-electron chi connectivity index (χ4n) is 2.39. The molecular weight excluding hydrogens is 414 g/mol. The number of hydrogen-bond acceptors (Lipinski definition) is 5. The predicted molar refractivity (Wildman–Crippen MR) is 114 cm³/mol. The van der Waals surface area contributed by atoms with Crippen molar-refractivity contribution in [2.24, 2.45) is 5.16 Å². The molecule has 0 amide bonds. The standard InChI is InChI=1S/C19H24BrN3O2S/c1-6-24-22-11-19(4,5)23-18(26)13(3)25-16-7-12(2)17-14(9-16)8-15(20)10-21-17/h7-11,13H,6H2,1-5H3,(H,23,26). The average Bonchev–Trinajstić information content (AvgIpc) is 2.54. The molecule has 2 rings (SSSR count). The van der Waals surface area contributed by atoms with E-state index >= 15 is 0 Å². The summed E-state index contributed by atoms with van der Waals surface area (Å²) in [6.45, 7) is 10.3. The third kappa shape index (κ3) is 5.64. The van der Waals surface area contributed by atoms with E-state index in [-0.39, 0.29) is 6.10 Å². The quantitative estimate of drug-likeness (QED) is 0.383. The topological polar surface area (TPSA) is 55.7 Å². The Bertz CT molecular complexity index is 824. The Morgan fingerprint density at radius 2 is 2.15 bits per heavy atom. The summed E-state index contributed by atoms with van der Waals surface area (Å²) in [6, 6.07) is 5.97. The Balaban J connectivity index is 2.10. The summed E-state index contributed by atoms with van der Waals surface area (Å²) in [6.07, 6.45) is 3.20. The fourth-order valence-corrected chi connectivity index (χ4v) is 3.05. The lowest BCUT2D eigenvalue weighted by atomic mass is 10.1. The lowest BCUT2D eigenvalue weighted by Gasteiger charge is -2.26. The second-order valence-electron chi connectivity index (χ2n) is 6.59. The van der Waals surface area contributed by atoms with Crippen LogP contribution in [0.1, 0.15) is 33.3 Å². The molecule has 1 aromatic carbocycles. The zero-order valence-corrected chi connectivity index (χ0v) is 18.1. The molecule has 5 nitrogen and oxygen atoms in total. The van der Waals surface area contributed by atoms with E-state index in [9.17, 15) is 0 Å². The summed E-state index contributed by atoms with van der Waals surface area (Å²) in [7, 11) is 0. The van der Waals surface area contributed by atoms with Crippen LogP contribution in [0.25, 0.3) is 10.9 Å². The molecule has 1 N–H and O–H groups in total. The minimum atomic E-state index is -0.433. The van der Waals surface area contributed by atoms with Gasteiger partial charge in [0.15, 0.2) is 0 Å². The Morgan fingerprint density at radius 1 is 1.42 bits per heavy atom. The van der Waals surface area contributed by atoms with Gasteiger partial charge in [0.1, 0.15) is 23.4 Å². The summed E-state index contributed by atoms with van der Waals surface area (Å²) in [5.41, 5.74) is 1.58. The molecular formula is C19H24BrN3O2S. The molecule has 0 saturated carbocycles. The second-order valence-corrected chi connectivity index (χ2v) is 7.94. The maximum Gasteiger partial charge on any atom is 0.146 e. The highest BCUT2D eigenvalue weighted by Crippen LogP contribution is 2.26. The SMILES string of the molecule is CCON=CC(C)(C)NC(=S)C(C)Oc1cc(C)c2ncc(Br)cc2c1. The van der Waals surface area contributed by atoms with Crippen LogP contribution in [-0.4, -0.2) is 34.4 Å². The first-order valence-corrected chi connectivity index (χ1v) is 9.63. The van der Waals surface area contributed by atoms with Crippen molar-refractivity contribution in [1.82, 2.24) is 10.3 Å². The summed E-state index contributed by atoms with van der Waals surface area (Å²) < 4.78 is 6.99. The first-order chi connectivity index (χ1) is 12.2. The van der Waals surface area contributed by atoms with Crippen LogP contribution in [0, 0.1) is 6.92 Å². The van der Waals surface area contributed by atoms with Crippen molar-refractivity contribution in [3.05, 3.63) is 34.4 Å². The minimum Gasteiger partial charge on any atom is -0.484 e. The Morgan fingerprint density at radius 3 is 2.85 bits per heavy atom. The molecule has 1 unspecified atom stereocenters. The van der Waals surface area contributed by atoms with Crippen LogP contribution in [0.15, 0.2) is 34.0 Å². The Labute approximate surface area is 168 Å². The highest BCUT2D eigenvalue weighted by Gasteiger charge is 2.21. The van der Waals surface area contributed by atoms with Gasteiger partial charge in [-0.1, -0.05) is 17.4 Å². The van der Waals surface area contributed by atoms with Crippen molar-refractivity contribution < 1.29 is 9.57 Å². The molecule has 0 bridgehead atoms. The van der Waals surface area contributed by atoms with Gasteiger partial charge >= 0.3 is 0 Å². The van der Waals surface area contributed by atoms with E-state index in [0.29, 0.717) is 11.6 Å². The van der Waals surface area contributed by atoms with E-state index in [2.05, 4.69) is 31.4 Å². The van der Waals surface area contributed by atoms with Crippen LogP contribution in [-0.2, 0) is 4.84 Å². The van der Waals surface area contributed by atoms with Crippen molar-refractivity contribution in [2.75, 3.05) is 6.61 Å². The van der Waals surface area contributed by atoms with Gasteiger partial charge in [-0.05, 0) is 74.3 Å². The molecule has 0 spiro atoms. The van der Waals surface area contributed by atoms with Crippen LogP contribution >= 0.6 is 28.1 Å². The maximum absolute atomic E-state index is 6.05. The molecule has 0 fully saturated rings. The summed E-state index contributed by atoms with van der Waals surface area (Å²) in [5, 5.41) is 8.18. The zero-order valence-electron chi connectivity index (χ0n) is 15.7. The Hall–Kier alpha value is -1.73. The molecule has 2 aromatic rings. The largest absolute Gasteiger partial charge is 0.484 e. The minimum absolute atomic E-state index is 0.290. The van der Waals surface area contributed by atoms with Gasteiger partial charge in [0.2, 0.25) is 0 Å². The van der Waals surface area contributed by atoms with E-state index in [1.807, 2.05) is 52.8 Å². The molecule has 0 aliphatic heterocycles. The number of aryl methyl sites for hydroxylation is 1. The fraction of sp³-hybridized carbons (Fsp3) is 0.421. The van der Waals surface area contributed by atoms with Gasteiger partial charge in [0.25, 0.3) is 0 Å². The Kier molecular flexibility index (Phi) is 6.94. The number of ether oxygens (including phenoxy) is 1. The van der Waals surface area contributed by atoms with Crippen LogP contribution in [0.4, 0.5) is 0 Å². The first kappa shape index (κ1) is 20.6. The molecule has 0 aliphatic carbocycles. The van der Waals surface area contributed by atoms with E-state index in [1.54, 1.807) is 12.4 Å². The van der Waals surface area contributed by atoms with E-state index in [4.69, 9.17) is 21.8 Å². The number of halogens is 1. The van der Waals surface area contributed by atoms with Crippen LogP contribution in [0.3, 0.4) is 0 Å². The van der Waals surface area contributed by atoms with Crippen molar-refractivity contribution in [3.8, 4) is 5.75 Å². The zero-order chi connectivity index (χ0) is 19.3. The first-order valence-electron chi connectivity index (χ1n) is 8.43. The molecule has 140 valence electrons. The van der Waals surface area contributed by atoms with Gasteiger partial charge in [-0.15, -0.1) is 0 Å². The van der Waals surface area contributed by atoms with Gasteiger partial charge < -0.3 is 14.9 Å². The average molecular weight is 438 g/mol. The van der Waals surface area contributed by atoms with Gasteiger partial charge in [-0.2, -0.15) is 0 Å². The van der Waals surface area contributed by atoms with Crippen molar-refractivity contribution >= 4 is 50.3 Å². The van der Waals surface area contributed by atoms with Gasteiger partial charge in [-0.3, -0.25) is 4.98 Å². The molecule has 1 atom stereocenters. The highest BCUT2D eigenvalue weighted by molar-refractivity contribution is 9.10. The van der Waals surface area contributed by atoms with Crippen LogP contribution in [0.2, 0.25) is 0 Å². The number of benzene rings is 1.